The van der Waals surface area contributed by atoms with Gasteiger partial charge in [0.25, 0.3) is 0 Å². The van der Waals surface area contributed by atoms with Crippen LogP contribution in [-0.4, -0.2) is 5.11 Å². The first-order valence-electron chi connectivity index (χ1n) is 6.83. The van der Waals surface area contributed by atoms with Crippen LogP contribution in [0.25, 0.3) is 0 Å². The summed E-state index contributed by atoms with van der Waals surface area (Å²) in [6.07, 6.45) is 2.66. The first-order chi connectivity index (χ1) is 8.98. The molecule has 0 aliphatic heterocycles. The molecule has 1 N–H and O–H groups in total. The van der Waals surface area contributed by atoms with Crippen molar-refractivity contribution in [2.24, 2.45) is 17.3 Å². The molecule has 1 fully saturated rings. The van der Waals surface area contributed by atoms with E-state index >= 15 is 0 Å². The molecule has 0 spiro atoms. The molecule has 1 aliphatic carbocycles. The van der Waals surface area contributed by atoms with E-state index in [1.807, 2.05) is 0 Å². The minimum absolute atomic E-state index is 0.483. The van der Waals surface area contributed by atoms with Gasteiger partial charge in [0, 0.05) is 0 Å². The third-order valence-electron chi connectivity index (χ3n) is 4.47. The van der Waals surface area contributed by atoms with Gasteiger partial charge in [-0.25, -0.2) is 0 Å². The van der Waals surface area contributed by atoms with Crippen LogP contribution in [0.15, 0.2) is 21.2 Å². The number of nitrogens with zero attached hydrogens (tertiary/aromatic N) is 1. The summed E-state index contributed by atoms with van der Waals surface area (Å²) in [4.78, 5) is 0. The van der Waals surface area contributed by atoms with Gasteiger partial charge in [-0.1, -0.05) is 13.8 Å². The second-order valence-corrected chi connectivity index (χ2v) is 6.68. The Morgan fingerprint density at radius 1 is 1.42 bits per heavy atom. The maximum absolute atomic E-state index is 10.5. The van der Waals surface area contributed by atoms with Crippen LogP contribution >= 0.6 is 15.9 Å². The molecule has 1 atom stereocenters. The van der Waals surface area contributed by atoms with Gasteiger partial charge in [-0.05, 0) is 65.6 Å². The Hall–Kier alpha value is -0.790. The van der Waals surface area contributed by atoms with E-state index in [9.17, 15) is 10.4 Å². The number of aliphatic hydroxyl groups is 1. The topological polar surface area (TPSA) is 57.2 Å². The normalized spacial score (nSPS) is 29.2. The Kier molecular flexibility index (Phi) is 4.37. The predicted octanol–water partition coefficient (Wildman–Crippen LogP) is 4.43. The molecule has 1 unspecified atom stereocenters. The van der Waals surface area contributed by atoms with Crippen molar-refractivity contribution in [1.29, 1.82) is 5.26 Å². The quantitative estimate of drug-likeness (QED) is 0.894. The molecule has 0 bridgehead atoms. The Bertz CT molecular complexity index is 467. The van der Waals surface area contributed by atoms with Crippen molar-refractivity contribution in [3.63, 3.8) is 0 Å². The Morgan fingerprint density at radius 3 is 2.47 bits per heavy atom. The summed E-state index contributed by atoms with van der Waals surface area (Å²) < 4.78 is 6.00. The average molecular weight is 326 g/mol. The highest BCUT2D eigenvalue weighted by molar-refractivity contribution is 9.10. The highest BCUT2D eigenvalue weighted by Gasteiger charge is 2.44. The second-order valence-electron chi connectivity index (χ2n) is 5.89. The van der Waals surface area contributed by atoms with Crippen molar-refractivity contribution in [3.8, 4) is 6.07 Å². The number of furan rings is 1. The fourth-order valence-electron chi connectivity index (χ4n) is 3.02. The predicted molar refractivity (Wildman–Crippen MR) is 76.2 cm³/mol. The number of rotatable bonds is 3. The lowest BCUT2D eigenvalue weighted by Gasteiger charge is -2.38. The number of nitriles is 1. The van der Waals surface area contributed by atoms with Gasteiger partial charge >= 0.3 is 0 Å². The molecule has 1 aliphatic rings. The second kappa shape index (κ2) is 5.68. The van der Waals surface area contributed by atoms with E-state index in [2.05, 4.69) is 35.8 Å². The fourth-order valence-corrected chi connectivity index (χ4v) is 3.33. The molecule has 4 heteroatoms. The molecule has 19 heavy (non-hydrogen) atoms. The van der Waals surface area contributed by atoms with E-state index in [0.29, 0.717) is 22.3 Å². The van der Waals surface area contributed by atoms with Crippen molar-refractivity contribution < 1.29 is 9.52 Å². The van der Waals surface area contributed by atoms with Crippen LogP contribution in [0.4, 0.5) is 0 Å². The van der Waals surface area contributed by atoms with Crippen LogP contribution in [0.3, 0.4) is 0 Å². The first-order valence-corrected chi connectivity index (χ1v) is 7.62. The zero-order valence-electron chi connectivity index (χ0n) is 11.4. The number of aliphatic hydroxyl groups excluding tert-OH is 1. The third-order valence-corrected chi connectivity index (χ3v) is 4.90. The van der Waals surface area contributed by atoms with Gasteiger partial charge in [0.1, 0.15) is 11.9 Å². The van der Waals surface area contributed by atoms with E-state index in [1.54, 1.807) is 12.1 Å². The maximum Gasteiger partial charge on any atom is 0.169 e. The summed E-state index contributed by atoms with van der Waals surface area (Å²) in [5.41, 5.74) is -0.692. The van der Waals surface area contributed by atoms with Gasteiger partial charge < -0.3 is 9.52 Å². The molecule has 3 nitrogen and oxygen atoms in total. The third kappa shape index (κ3) is 2.88. The average Bonchev–Trinajstić information content (AvgIpc) is 2.84. The van der Waals surface area contributed by atoms with Crippen LogP contribution in [0.1, 0.15) is 51.4 Å². The van der Waals surface area contributed by atoms with Crippen molar-refractivity contribution in [2.75, 3.05) is 0 Å². The highest BCUT2D eigenvalue weighted by atomic mass is 79.9. The molecule has 0 aromatic carbocycles. The van der Waals surface area contributed by atoms with Crippen LogP contribution in [0.5, 0.6) is 0 Å². The van der Waals surface area contributed by atoms with E-state index in [0.717, 1.165) is 25.7 Å². The number of hydrogen-bond acceptors (Lipinski definition) is 3. The molecule has 0 saturated heterocycles. The van der Waals surface area contributed by atoms with Crippen LogP contribution in [0, 0.1) is 28.6 Å². The molecule has 104 valence electrons. The first kappa shape index (κ1) is 14.6. The monoisotopic (exact) mass is 325 g/mol. The maximum atomic E-state index is 10.5. The summed E-state index contributed by atoms with van der Waals surface area (Å²) in [5.74, 6) is 1.79. The summed E-state index contributed by atoms with van der Waals surface area (Å²) >= 11 is 3.23. The Balaban J connectivity index is 2.14. The van der Waals surface area contributed by atoms with Gasteiger partial charge in [0.15, 0.2) is 4.67 Å². The largest absolute Gasteiger partial charge is 0.452 e. The van der Waals surface area contributed by atoms with Crippen LogP contribution in [-0.2, 0) is 0 Å². The smallest absolute Gasteiger partial charge is 0.169 e. The SMILES string of the molecule is CC(C)C1CCC(C#N)(C(O)c2ccc(Br)o2)CC1. The lowest BCUT2D eigenvalue weighted by atomic mass is 9.65. The van der Waals surface area contributed by atoms with Crippen molar-refractivity contribution >= 4 is 15.9 Å². The highest BCUT2D eigenvalue weighted by Crippen LogP contribution is 2.48. The molecule has 0 amide bonds. The van der Waals surface area contributed by atoms with E-state index in [4.69, 9.17) is 4.42 Å². The Morgan fingerprint density at radius 2 is 2.05 bits per heavy atom. The van der Waals surface area contributed by atoms with Gasteiger partial charge in [-0.15, -0.1) is 0 Å². The molecule has 1 heterocycles. The summed E-state index contributed by atoms with van der Waals surface area (Å²) in [7, 11) is 0. The minimum Gasteiger partial charge on any atom is -0.452 e. The van der Waals surface area contributed by atoms with Crippen LogP contribution in [0.2, 0.25) is 0 Å². The lowest BCUT2D eigenvalue weighted by Crippen LogP contribution is -2.33. The molecule has 0 radical (unpaired) electrons. The van der Waals surface area contributed by atoms with E-state index < -0.39 is 11.5 Å². The lowest BCUT2D eigenvalue weighted by molar-refractivity contribution is 0.00464. The van der Waals surface area contributed by atoms with E-state index in [-0.39, 0.29) is 0 Å². The van der Waals surface area contributed by atoms with E-state index in [1.165, 1.54) is 0 Å². The molecule has 1 aromatic heterocycles. The molecule has 2 rings (SSSR count). The van der Waals surface area contributed by atoms with Gasteiger partial charge in [0.2, 0.25) is 0 Å². The van der Waals surface area contributed by atoms with Gasteiger partial charge in [0.05, 0.1) is 11.5 Å². The van der Waals surface area contributed by atoms with Crippen molar-refractivity contribution in [3.05, 3.63) is 22.6 Å². The summed E-state index contributed by atoms with van der Waals surface area (Å²) in [6, 6.07) is 5.85. The van der Waals surface area contributed by atoms with Gasteiger partial charge in [-0.2, -0.15) is 5.26 Å². The Labute approximate surface area is 122 Å². The molecular formula is C15H20BrNO2. The zero-order chi connectivity index (χ0) is 14.0. The van der Waals surface area contributed by atoms with Gasteiger partial charge in [-0.3, -0.25) is 0 Å². The zero-order valence-corrected chi connectivity index (χ0v) is 13.0. The minimum atomic E-state index is -0.836. The van der Waals surface area contributed by atoms with Crippen molar-refractivity contribution in [1.82, 2.24) is 0 Å². The fraction of sp³-hybridized carbons (Fsp3) is 0.667. The number of hydrogen-bond donors (Lipinski definition) is 1. The standard InChI is InChI=1S/C15H20BrNO2/c1-10(2)11-5-7-15(9-17,8-6-11)14(18)12-3-4-13(16)19-12/h3-4,10-11,14,18H,5-8H2,1-2H3. The molecule has 1 aromatic rings. The number of halogens is 1. The summed E-state index contributed by atoms with van der Waals surface area (Å²) in [6.45, 7) is 4.45. The molecular weight excluding hydrogens is 306 g/mol. The van der Waals surface area contributed by atoms with Crippen LogP contribution < -0.4 is 0 Å². The van der Waals surface area contributed by atoms with Crippen molar-refractivity contribution in [2.45, 2.75) is 45.6 Å². The molecule has 1 saturated carbocycles. The summed E-state index contributed by atoms with van der Waals surface area (Å²) in [5, 5.41) is 20.0.